The fourth-order valence-corrected chi connectivity index (χ4v) is 2.64. The first-order valence-corrected chi connectivity index (χ1v) is 10.5. The van der Waals surface area contributed by atoms with E-state index in [1.807, 2.05) is 34.6 Å². The van der Waals surface area contributed by atoms with Gasteiger partial charge in [-0.05, 0) is 45.7 Å². The van der Waals surface area contributed by atoms with Crippen LogP contribution in [0, 0.1) is 10.8 Å². The lowest BCUT2D eigenvalue weighted by Crippen LogP contribution is -2.41. The van der Waals surface area contributed by atoms with Gasteiger partial charge in [0.1, 0.15) is 29.2 Å². The van der Waals surface area contributed by atoms with E-state index in [1.54, 1.807) is 24.5 Å². The van der Waals surface area contributed by atoms with Gasteiger partial charge in [-0.3, -0.25) is 20.0 Å². The number of pyridine rings is 1. The van der Waals surface area contributed by atoms with Gasteiger partial charge in [-0.25, -0.2) is 9.97 Å². The molecule has 10 nitrogen and oxygen atoms in total. The molecule has 0 radical (unpaired) electrons. The van der Waals surface area contributed by atoms with Crippen LogP contribution in [0.1, 0.15) is 60.1 Å². The molecule has 0 aliphatic rings. The molecule has 33 heavy (non-hydrogen) atoms. The molecule has 180 valence electrons. The van der Waals surface area contributed by atoms with Crippen LogP contribution in [0.5, 0.6) is 5.88 Å². The third kappa shape index (κ3) is 8.83. The van der Waals surface area contributed by atoms with Gasteiger partial charge >= 0.3 is 5.97 Å². The Morgan fingerprint density at radius 3 is 2.06 bits per heavy atom. The quantitative estimate of drug-likeness (QED) is 0.305. The fourth-order valence-electron chi connectivity index (χ4n) is 2.64. The second-order valence-corrected chi connectivity index (χ2v) is 8.38. The lowest BCUT2D eigenvalue weighted by atomic mass is 9.83. The van der Waals surface area contributed by atoms with E-state index in [9.17, 15) is 4.79 Å². The number of nitrogens with two attached hydrogens (primary N) is 1. The van der Waals surface area contributed by atoms with Crippen molar-refractivity contribution in [3.8, 4) is 17.1 Å². The monoisotopic (exact) mass is 459 g/mol. The molecule has 0 saturated heterocycles. The number of aromatic nitrogens is 3. The first-order chi connectivity index (χ1) is 15.3. The number of carbonyl (C=O) groups excluding carboxylic acids is 1. The van der Waals surface area contributed by atoms with Crippen molar-refractivity contribution in [2.45, 2.75) is 60.0 Å². The van der Waals surface area contributed by atoms with Crippen molar-refractivity contribution in [3.63, 3.8) is 0 Å². The van der Waals surface area contributed by atoms with E-state index in [1.165, 1.54) is 6.20 Å². The van der Waals surface area contributed by atoms with Crippen molar-refractivity contribution in [2.24, 2.45) is 11.1 Å². The normalized spacial score (nSPS) is 11.1. The van der Waals surface area contributed by atoms with Gasteiger partial charge in [0.2, 0.25) is 5.88 Å². The zero-order valence-corrected chi connectivity index (χ0v) is 20.0. The smallest absolute Gasteiger partial charge is 0.316 e. The molecule has 2 heterocycles. The highest BCUT2D eigenvalue weighted by molar-refractivity contribution is 5.93. The summed E-state index contributed by atoms with van der Waals surface area (Å²) in [6.07, 6.45) is 5.87. The molecule has 2 aromatic rings. The predicted octanol–water partition coefficient (Wildman–Crippen LogP) is 3.44. The van der Waals surface area contributed by atoms with Crippen molar-refractivity contribution < 1.29 is 24.2 Å². The standard InChI is InChI=1S/C21H29N5O3.C2H4O2/c1-6-21(7-2,19(27)29-20(3,4)5)13-28-17-12-25-16(11-26-17)14-8-9-15(18(22)23)24-10-14;1-2(3)4/h8-12H,6-7,13H2,1-5H3,(H3,22,23);1H3,(H,3,4). The van der Waals surface area contributed by atoms with E-state index >= 15 is 0 Å². The summed E-state index contributed by atoms with van der Waals surface area (Å²) in [7, 11) is 0. The van der Waals surface area contributed by atoms with Crippen molar-refractivity contribution in [1.29, 1.82) is 5.41 Å². The third-order valence-corrected chi connectivity index (χ3v) is 4.65. The van der Waals surface area contributed by atoms with Crippen LogP contribution >= 0.6 is 0 Å². The highest BCUT2D eigenvalue weighted by atomic mass is 16.6. The second-order valence-electron chi connectivity index (χ2n) is 8.38. The van der Waals surface area contributed by atoms with Gasteiger partial charge in [0, 0.05) is 18.7 Å². The summed E-state index contributed by atoms with van der Waals surface area (Å²) in [6, 6.07) is 3.43. The fraction of sp³-hybridized carbons (Fsp3) is 0.478. The molecule has 0 amide bonds. The lowest BCUT2D eigenvalue weighted by Gasteiger charge is -2.32. The Labute approximate surface area is 194 Å². The Hall–Kier alpha value is -3.56. The molecule has 0 aliphatic carbocycles. The number of amidine groups is 1. The summed E-state index contributed by atoms with van der Waals surface area (Å²) in [6.45, 7) is 10.7. The van der Waals surface area contributed by atoms with Gasteiger partial charge in [0.15, 0.2) is 0 Å². The van der Waals surface area contributed by atoms with Gasteiger partial charge in [0.25, 0.3) is 5.97 Å². The van der Waals surface area contributed by atoms with Crippen LogP contribution in [0.25, 0.3) is 11.3 Å². The summed E-state index contributed by atoms with van der Waals surface area (Å²) < 4.78 is 11.4. The number of ether oxygens (including phenoxy) is 2. The van der Waals surface area contributed by atoms with Crippen LogP contribution < -0.4 is 10.5 Å². The highest BCUT2D eigenvalue weighted by Crippen LogP contribution is 2.31. The average molecular weight is 460 g/mol. The summed E-state index contributed by atoms with van der Waals surface area (Å²) in [5.41, 5.74) is 5.89. The molecule has 2 rings (SSSR count). The van der Waals surface area contributed by atoms with Crippen molar-refractivity contribution in [2.75, 3.05) is 6.61 Å². The summed E-state index contributed by atoms with van der Waals surface area (Å²) >= 11 is 0. The van der Waals surface area contributed by atoms with Gasteiger partial charge in [-0.1, -0.05) is 13.8 Å². The highest BCUT2D eigenvalue weighted by Gasteiger charge is 2.39. The maximum Gasteiger partial charge on any atom is 0.316 e. The van der Waals surface area contributed by atoms with Crippen LogP contribution in [-0.4, -0.2) is 50.0 Å². The first kappa shape index (κ1) is 27.5. The SMILES string of the molecule is CC(=O)O.CCC(CC)(COc1cnc(-c2ccc(C(=N)N)nc2)cn1)C(=O)OC(C)(C)C. The number of rotatable bonds is 8. The summed E-state index contributed by atoms with van der Waals surface area (Å²) in [5.74, 6) is -0.861. The minimum atomic E-state index is -0.833. The lowest BCUT2D eigenvalue weighted by molar-refractivity contribution is -0.170. The Bertz CT molecular complexity index is 929. The first-order valence-electron chi connectivity index (χ1n) is 10.5. The van der Waals surface area contributed by atoms with E-state index in [2.05, 4.69) is 15.0 Å². The van der Waals surface area contributed by atoms with E-state index in [-0.39, 0.29) is 18.4 Å². The largest absolute Gasteiger partial charge is 0.481 e. The van der Waals surface area contributed by atoms with Gasteiger partial charge in [-0.2, -0.15) is 0 Å². The molecule has 0 aliphatic heterocycles. The van der Waals surface area contributed by atoms with Gasteiger partial charge in [0.05, 0.1) is 18.1 Å². The molecule has 2 aromatic heterocycles. The van der Waals surface area contributed by atoms with E-state index in [0.29, 0.717) is 30.1 Å². The van der Waals surface area contributed by atoms with E-state index in [0.717, 1.165) is 12.5 Å². The predicted molar refractivity (Wildman–Crippen MR) is 124 cm³/mol. The van der Waals surface area contributed by atoms with Gasteiger partial charge in [-0.15, -0.1) is 0 Å². The molecule has 0 saturated carbocycles. The van der Waals surface area contributed by atoms with Crippen LogP contribution in [-0.2, 0) is 14.3 Å². The number of carbonyl (C=O) groups is 2. The zero-order valence-electron chi connectivity index (χ0n) is 20.0. The maximum absolute atomic E-state index is 12.7. The van der Waals surface area contributed by atoms with Crippen molar-refractivity contribution in [1.82, 2.24) is 15.0 Å². The molecule has 0 unspecified atom stereocenters. The minimum Gasteiger partial charge on any atom is -0.481 e. The van der Waals surface area contributed by atoms with Crippen LogP contribution in [0.3, 0.4) is 0 Å². The molecular weight excluding hydrogens is 426 g/mol. The Morgan fingerprint density at radius 2 is 1.67 bits per heavy atom. The minimum absolute atomic E-state index is 0.0910. The molecular formula is C23H33N5O5. The Kier molecular flexibility index (Phi) is 9.90. The molecule has 4 N–H and O–H groups in total. The molecule has 10 heteroatoms. The number of nitrogens with one attached hydrogen (secondary N) is 1. The molecule has 0 fully saturated rings. The van der Waals surface area contributed by atoms with Crippen LogP contribution in [0.15, 0.2) is 30.7 Å². The maximum atomic E-state index is 12.7. The third-order valence-electron chi connectivity index (χ3n) is 4.65. The number of aliphatic carboxylic acids is 1. The number of carboxylic acids is 1. The number of carboxylic acid groups (broad SMARTS) is 1. The molecule has 0 bridgehead atoms. The van der Waals surface area contributed by atoms with E-state index in [4.69, 9.17) is 30.5 Å². The molecule has 0 atom stereocenters. The zero-order chi connectivity index (χ0) is 25.2. The second kappa shape index (κ2) is 11.9. The van der Waals surface area contributed by atoms with Crippen LogP contribution in [0.2, 0.25) is 0 Å². The average Bonchev–Trinajstić information content (AvgIpc) is 2.74. The van der Waals surface area contributed by atoms with Gasteiger partial charge < -0.3 is 20.3 Å². The van der Waals surface area contributed by atoms with E-state index < -0.39 is 17.0 Å². The summed E-state index contributed by atoms with van der Waals surface area (Å²) in [5, 5.41) is 14.8. The van der Waals surface area contributed by atoms with Crippen LogP contribution in [0.4, 0.5) is 0 Å². The number of hydrogen-bond acceptors (Lipinski definition) is 8. The van der Waals surface area contributed by atoms with Crippen molar-refractivity contribution in [3.05, 3.63) is 36.4 Å². The molecule has 0 spiro atoms. The number of esters is 1. The summed E-state index contributed by atoms with van der Waals surface area (Å²) in [4.78, 5) is 34.5. The number of hydrogen-bond donors (Lipinski definition) is 3. The number of nitrogens with zero attached hydrogens (tertiary/aromatic N) is 3. The Balaban J connectivity index is 0.00000125. The van der Waals surface area contributed by atoms with Crippen molar-refractivity contribution >= 4 is 17.8 Å². The number of nitrogen functional groups attached to an aromatic ring is 1. The topological polar surface area (TPSA) is 161 Å². The Morgan fingerprint density at radius 1 is 1.06 bits per heavy atom. The molecule has 0 aromatic carbocycles.